The van der Waals surface area contributed by atoms with Gasteiger partial charge in [-0.3, -0.25) is 9.58 Å². The second-order valence-corrected chi connectivity index (χ2v) is 9.13. The summed E-state index contributed by atoms with van der Waals surface area (Å²) >= 11 is 0. The maximum Gasteiger partial charge on any atom is 0.103 e. The molecule has 0 N–H and O–H groups in total. The fourth-order valence-electron chi connectivity index (χ4n) is 4.77. The van der Waals surface area contributed by atoms with Gasteiger partial charge in [0.15, 0.2) is 0 Å². The summed E-state index contributed by atoms with van der Waals surface area (Å²) in [6.07, 6.45) is 8.51. The molecule has 4 heterocycles. The molecule has 1 aromatic carbocycles. The quantitative estimate of drug-likeness (QED) is 0.683. The van der Waals surface area contributed by atoms with E-state index in [1.165, 1.54) is 29.5 Å². The molecule has 3 aliphatic rings. The first-order valence-corrected chi connectivity index (χ1v) is 10.7. The minimum absolute atomic E-state index is 0.241. The number of piperazine rings is 1. The van der Waals surface area contributed by atoms with Crippen LogP contribution in [-0.4, -0.2) is 69.4 Å². The van der Waals surface area contributed by atoms with E-state index in [-0.39, 0.29) is 5.54 Å². The van der Waals surface area contributed by atoms with E-state index >= 15 is 0 Å². The third-order valence-corrected chi connectivity index (χ3v) is 6.85. The second kappa shape index (κ2) is 6.31. The minimum Gasteiger partial charge on any atom is -0.377 e. The molecule has 1 aliphatic carbocycles. The number of aromatic nitrogens is 4. The van der Waals surface area contributed by atoms with E-state index in [1.807, 2.05) is 17.1 Å². The average molecular weight is 393 g/mol. The molecule has 2 aromatic heterocycles. The minimum atomic E-state index is 0.241. The Morgan fingerprint density at radius 3 is 2.52 bits per heavy atom. The van der Waals surface area contributed by atoms with Crippen molar-refractivity contribution >= 4 is 16.6 Å². The molecule has 6 rings (SSSR count). The van der Waals surface area contributed by atoms with Gasteiger partial charge in [0.25, 0.3) is 0 Å². The zero-order valence-electron chi connectivity index (χ0n) is 17.2. The highest BCUT2D eigenvalue weighted by Gasteiger charge is 2.40. The van der Waals surface area contributed by atoms with Crippen LogP contribution in [-0.2, 0) is 4.74 Å². The third-order valence-electron chi connectivity index (χ3n) is 6.85. The molecule has 2 aliphatic heterocycles. The van der Waals surface area contributed by atoms with Crippen molar-refractivity contribution in [3.05, 3.63) is 36.3 Å². The van der Waals surface area contributed by atoms with Gasteiger partial charge in [-0.1, -0.05) is 0 Å². The number of anilines is 1. The molecule has 2 saturated heterocycles. The zero-order chi connectivity index (χ0) is 19.6. The molecule has 29 heavy (non-hydrogen) atoms. The van der Waals surface area contributed by atoms with Gasteiger partial charge in [-0.25, -0.2) is 4.68 Å². The maximum atomic E-state index is 5.46. The van der Waals surface area contributed by atoms with E-state index in [9.17, 15) is 0 Å². The van der Waals surface area contributed by atoms with Gasteiger partial charge in [-0.2, -0.15) is 10.2 Å². The van der Waals surface area contributed by atoms with Crippen molar-refractivity contribution in [2.75, 3.05) is 44.3 Å². The van der Waals surface area contributed by atoms with Crippen LogP contribution in [0.25, 0.3) is 16.6 Å². The van der Waals surface area contributed by atoms with E-state index in [4.69, 9.17) is 4.74 Å². The Morgan fingerprint density at radius 1 is 1.03 bits per heavy atom. The van der Waals surface area contributed by atoms with E-state index in [0.29, 0.717) is 6.04 Å². The Bertz CT molecular complexity index is 1050. The predicted octanol–water partition coefficient (Wildman–Crippen LogP) is 2.78. The zero-order valence-corrected chi connectivity index (χ0v) is 17.2. The monoisotopic (exact) mass is 392 g/mol. The molecular formula is C22H28N6O. The van der Waals surface area contributed by atoms with Gasteiger partial charge in [-0.05, 0) is 44.4 Å². The van der Waals surface area contributed by atoms with Crippen molar-refractivity contribution in [2.45, 2.75) is 38.3 Å². The van der Waals surface area contributed by atoms with Crippen LogP contribution >= 0.6 is 0 Å². The van der Waals surface area contributed by atoms with Crippen molar-refractivity contribution in [2.24, 2.45) is 0 Å². The smallest absolute Gasteiger partial charge is 0.103 e. The molecule has 0 radical (unpaired) electrons. The summed E-state index contributed by atoms with van der Waals surface area (Å²) in [4.78, 5) is 5.12. The highest BCUT2D eigenvalue weighted by Crippen LogP contribution is 2.35. The van der Waals surface area contributed by atoms with Crippen LogP contribution in [0, 0.1) is 6.92 Å². The fourth-order valence-corrected chi connectivity index (χ4v) is 4.77. The first-order chi connectivity index (χ1) is 14.1. The summed E-state index contributed by atoms with van der Waals surface area (Å²) in [6, 6.07) is 5.17. The van der Waals surface area contributed by atoms with Crippen molar-refractivity contribution in [1.82, 2.24) is 24.5 Å². The van der Waals surface area contributed by atoms with Gasteiger partial charge in [-0.15, -0.1) is 0 Å². The molecule has 7 heteroatoms. The Morgan fingerprint density at radius 2 is 1.83 bits per heavy atom. The Balaban J connectivity index is 1.29. The third kappa shape index (κ3) is 2.87. The molecule has 0 atom stereocenters. The summed E-state index contributed by atoms with van der Waals surface area (Å²) in [6.45, 7) is 10.5. The molecule has 3 fully saturated rings. The van der Waals surface area contributed by atoms with Gasteiger partial charge in [0.2, 0.25) is 0 Å². The van der Waals surface area contributed by atoms with Gasteiger partial charge in [0, 0.05) is 37.3 Å². The van der Waals surface area contributed by atoms with Crippen LogP contribution in [0.2, 0.25) is 0 Å². The predicted molar refractivity (Wildman–Crippen MR) is 113 cm³/mol. The number of ether oxygens (including phenoxy) is 1. The van der Waals surface area contributed by atoms with Crippen molar-refractivity contribution in [3.63, 3.8) is 0 Å². The molecule has 0 spiro atoms. The summed E-state index contributed by atoms with van der Waals surface area (Å²) < 4.78 is 9.58. The highest BCUT2D eigenvalue weighted by molar-refractivity contribution is 5.85. The molecule has 7 nitrogen and oxygen atoms in total. The number of aryl methyl sites for hydroxylation is 1. The van der Waals surface area contributed by atoms with Crippen LogP contribution in [0.5, 0.6) is 0 Å². The van der Waals surface area contributed by atoms with Crippen LogP contribution in [0.15, 0.2) is 30.7 Å². The van der Waals surface area contributed by atoms with Crippen molar-refractivity contribution in [1.29, 1.82) is 0 Å². The number of hydrogen-bond donors (Lipinski definition) is 0. The Kier molecular flexibility index (Phi) is 3.80. The molecule has 0 unspecified atom stereocenters. The van der Waals surface area contributed by atoms with Crippen LogP contribution in [0.4, 0.5) is 5.69 Å². The fraction of sp³-hybridized carbons (Fsp3) is 0.545. The van der Waals surface area contributed by atoms with Gasteiger partial charge in [0.05, 0.1) is 48.9 Å². The van der Waals surface area contributed by atoms with Gasteiger partial charge < -0.3 is 9.64 Å². The lowest BCUT2D eigenvalue weighted by Gasteiger charge is -2.50. The lowest BCUT2D eigenvalue weighted by atomic mass is 9.96. The first-order valence-electron chi connectivity index (χ1n) is 10.7. The first kappa shape index (κ1) is 17.5. The second-order valence-electron chi connectivity index (χ2n) is 9.13. The number of nitrogens with zero attached hydrogens (tertiary/aromatic N) is 6. The molecule has 1 saturated carbocycles. The SMILES string of the molecule is Cc1cc2cnn(-c3cnn(C4CC4)c3)c2cc1N1CCN(C2(C)COC2)CC1. The van der Waals surface area contributed by atoms with E-state index < -0.39 is 0 Å². The lowest BCUT2D eigenvalue weighted by molar-refractivity contribution is -0.131. The van der Waals surface area contributed by atoms with Crippen LogP contribution in [0.1, 0.15) is 31.4 Å². The number of benzene rings is 1. The molecule has 3 aromatic rings. The summed E-state index contributed by atoms with van der Waals surface area (Å²) in [5, 5.41) is 10.4. The largest absolute Gasteiger partial charge is 0.377 e. The van der Waals surface area contributed by atoms with E-state index in [1.54, 1.807) is 0 Å². The maximum absolute atomic E-state index is 5.46. The molecular weight excluding hydrogens is 364 g/mol. The standard InChI is InChI=1S/C22H28N6O/c1-16-9-17-11-24-28(19-12-23-27(13-19)18-3-4-18)21(17)10-20(16)25-5-7-26(8-6-25)22(2)14-29-15-22/h9-13,18H,3-8,14-15H2,1-2H3. The van der Waals surface area contributed by atoms with Crippen molar-refractivity contribution in [3.8, 4) is 5.69 Å². The number of hydrogen-bond acceptors (Lipinski definition) is 5. The normalized spacial score (nSPS) is 22.2. The summed E-state index contributed by atoms with van der Waals surface area (Å²) in [5.74, 6) is 0. The highest BCUT2D eigenvalue weighted by atomic mass is 16.5. The average Bonchev–Trinajstić information content (AvgIpc) is 3.30. The topological polar surface area (TPSA) is 51.4 Å². The van der Waals surface area contributed by atoms with Crippen LogP contribution in [0.3, 0.4) is 0 Å². The van der Waals surface area contributed by atoms with Crippen molar-refractivity contribution < 1.29 is 4.74 Å². The number of rotatable bonds is 4. The Hall–Kier alpha value is -2.38. The summed E-state index contributed by atoms with van der Waals surface area (Å²) in [5.41, 5.74) is 5.08. The molecule has 0 bridgehead atoms. The van der Waals surface area contributed by atoms with E-state index in [0.717, 1.165) is 50.6 Å². The summed E-state index contributed by atoms with van der Waals surface area (Å²) in [7, 11) is 0. The molecule has 152 valence electrons. The van der Waals surface area contributed by atoms with Gasteiger partial charge in [0.1, 0.15) is 5.69 Å². The molecule has 0 amide bonds. The lowest BCUT2D eigenvalue weighted by Crippen LogP contribution is -2.64. The Labute approximate surface area is 170 Å². The van der Waals surface area contributed by atoms with Crippen LogP contribution < -0.4 is 4.90 Å². The van der Waals surface area contributed by atoms with Gasteiger partial charge >= 0.3 is 0 Å². The number of fused-ring (bicyclic) bond motifs is 1. The van der Waals surface area contributed by atoms with E-state index in [2.05, 4.69) is 56.9 Å².